The number of unbranched alkanes of at least 4 members (excludes halogenated alkanes) is 2. The Kier molecular flexibility index (Phi) is 4.97. The van der Waals surface area contributed by atoms with Gasteiger partial charge >= 0.3 is 0 Å². The highest BCUT2D eigenvalue weighted by molar-refractivity contribution is 7.84. The van der Waals surface area contributed by atoms with Gasteiger partial charge in [0.25, 0.3) is 0 Å². The second-order valence-corrected chi connectivity index (χ2v) is 2.29. The highest BCUT2D eigenvalue weighted by Crippen LogP contribution is 1.98. The van der Waals surface area contributed by atoms with E-state index in [1.807, 2.05) is 6.08 Å². The SMILES string of the molecule is CCCC/C=C(\N)S. The minimum Gasteiger partial charge on any atom is -0.394 e. The van der Waals surface area contributed by atoms with E-state index >= 15 is 0 Å². The highest BCUT2D eigenvalue weighted by Gasteiger charge is 1.78. The quantitative estimate of drug-likeness (QED) is 0.444. The Morgan fingerprint density at radius 3 is 2.75 bits per heavy atom. The van der Waals surface area contributed by atoms with Crippen LogP contribution >= 0.6 is 12.6 Å². The van der Waals surface area contributed by atoms with Crippen molar-refractivity contribution in [1.29, 1.82) is 0 Å². The number of allylic oxidation sites excluding steroid dienone is 1. The molecule has 0 amide bonds. The fraction of sp³-hybridized carbons (Fsp3) is 0.667. The van der Waals surface area contributed by atoms with Gasteiger partial charge in [-0.15, -0.1) is 12.6 Å². The number of hydrogen-bond acceptors (Lipinski definition) is 2. The van der Waals surface area contributed by atoms with Crippen LogP contribution in [0, 0.1) is 0 Å². The molecule has 2 heteroatoms. The van der Waals surface area contributed by atoms with Gasteiger partial charge in [0.1, 0.15) is 0 Å². The van der Waals surface area contributed by atoms with E-state index in [1.54, 1.807) is 0 Å². The smallest absolute Gasteiger partial charge is 0.0583 e. The maximum Gasteiger partial charge on any atom is 0.0583 e. The molecule has 48 valence electrons. The molecule has 0 aromatic rings. The van der Waals surface area contributed by atoms with Crippen LogP contribution in [0.15, 0.2) is 11.1 Å². The summed E-state index contributed by atoms with van der Waals surface area (Å²) in [5, 5.41) is 0.637. The summed E-state index contributed by atoms with van der Waals surface area (Å²) in [6, 6.07) is 0. The summed E-state index contributed by atoms with van der Waals surface area (Å²) < 4.78 is 0. The lowest BCUT2D eigenvalue weighted by Gasteiger charge is -1.88. The van der Waals surface area contributed by atoms with E-state index < -0.39 is 0 Å². The summed E-state index contributed by atoms with van der Waals surface area (Å²) in [7, 11) is 0. The first-order valence-corrected chi connectivity index (χ1v) is 3.36. The van der Waals surface area contributed by atoms with Gasteiger partial charge in [-0.25, -0.2) is 0 Å². The van der Waals surface area contributed by atoms with Crippen molar-refractivity contribution in [3.8, 4) is 0 Å². The van der Waals surface area contributed by atoms with Gasteiger partial charge in [-0.05, 0) is 12.8 Å². The molecule has 2 N–H and O–H groups in total. The van der Waals surface area contributed by atoms with Crippen molar-refractivity contribution in [3.63, 3.8) is 0 Å². The van der Waals surface area contributed by atoms with Crippen LogP contribution in [0.1, 0.15) is 26.2 Å². The van der Waals surface area contributed by atoms with Gasteiger partial charge in [-0.1, -0.05) is 19.4 Å². The lowest BCUT2D eigenvalue weighted by atomic mass is 10.2. The van der Waals surface area contributed by atoms with Crippen LogP contribution in [0.25, 0.3) is 0 Å². The van der Waals surface area contributed by atoms with E-state index in [0.717, 1.165) is 6.42 Å². The van der Waals surface area contributed by atoms with Gasteiger partial charge in [0.05, 0.1) is 5.03 Å². The summed E-state index contributed by atoms with van der Waals surface area (Å²) in [6.07, 6.45) is 5.43. The molecule has 0 aromatic heterocycles. The number of thiol groups is 1. The lowest BCUT2D eigenvalue weighted by Crippen LogP contribution is -1.85. The molecule has 0 aromatic carbocycles. The minimum atomic E-state index is 0.637. The molecule has 0 saturated carbocycles. The average Bonchev–Trinajstić information content (AvgIpc) is 1.66. The zero-order valence-electron chi connectivity index (χ0n) is 5.22. The molecule has 0 radical (unpaired) electrons. The second kappa shape index (κ2) is 5.04. The molecule has 0 bridgehead atoms. The monoisotopic (exact) mass is 131 g/mol. The third kappa shape index (κ3) is 5.89. The Morgan fingerprint density at radius 1 is 1.75 bits per heavy atom. The van der Waals surface area contributed by atoms with E-state index in [0.29, 0.717) is 5.03 Å². The van der Waals surface area contributed by atoms with Crippen molar-refractivity contribution >= 4 is 12.6 Å². The van der Waals surface area contributed by atoms with Gasteiger partial charge in [0, 0.05) is 0 Å². The van der Waals surface area contributed by atoms with Gasteiger partial charge in [-0.3, -0.25) is 0 Å². The first-order chi connectivity index (χ1) is 3.77. The maximum atomic E-state index is 5.26. The molecule has 0 spiro atoms. The fourth-order valence-electron chi connectivity index (χ4n) is 0.454. The molecule has 0 atom stereocenters. The molecular weight excluding hydrogens is 118 g/mol. The predicted octanol–water partition coefficient (Wildman–Crippen LogP) is 1.91. The Balaban J connectivity index is 3.03. The summed E-state index contributed by atoms with van der Waals surface area (Å²) in [5.74, 6) is 0. The van der Waals surface area contributed by atoms with Crippen molar-refractivity contribution in [3.05, 3.63) is 11.1 Å². The topological polar surface area (TPSA) is 26.0 Å². The Labute approximate surface area is 56.4 Å². The minimum absolute atomic E-state index is 0.637. The van der Waals surface area contributed by atoms with Crippen molar-refractivity contribution in [1.82, 2.24) is 0 Å². The maximum absolute atomic E-state index is 5.26. The van der Waals surface area contributed by atoms with Crippen molar-refractivity contribution in [2.75, 3.05) is 0 Å². The molecule has 8 heavy (non-hydrogen) atoms. The summed E-state index contributed by atoms with van der Waals surface area (Å²) in [5.41, 5.74) is 5.26. The number of nitrogens with two attached hydrogens (primary N) is 1. The normalized spacial score (nSPS) is 12.0. The van der Waals surface area contributed by atoms with Crippen molar-refractivity contribution < 1.29 is 0 Å². The Bertz CT molecular complexity index is 74.6. The first kappa shape index (κ1) is 7.89. The van der Waals surface area contributed by atoms with Crippen molar-refractivity contribution in [2.45, 2.75) is 26.2 Å². The molecule has 0 fully saturated rings. The summed E-state index contributed by atoms with van der Waals surface area (Å²) >= 11 is 3.91. The predicted molar refractivity (Wildman–Crippen MR) is 40.8 cm³/mol. The largest absolute Gasteiger partial charge is 0.394 e. The van der Waals surface area contributed by atoms with E-state index in [9.17, 15) is 0 Å². The molecule has 0 saturated heterocycles. The Morgan fingerprint density at radius 2 is 2.38 bits per heavy atom. The molecule has 0 aliphatic rings. The van der Waals surface area contributed by atoms with Gasteiger partial charge in [0.2, 0.25) is 0 Å². The molecule has 0 aliphatic heterocycles. The highest BCUT2D eigenvalue weighted by atomic mass is 32.1. The van der Waals surface area contributed by atoms with Gasteiger partial charge in [0.15, 0.2) is 0 Å². The molecule has 0 unspecified atom stereocenters. The van der Waals surface area contributed by atoms with Crippen LogP contribution in [-0.4, -0.2) is 0 Å². The summed E-state index contributed by atoms with van der Waals surface area (Å²) in [6.45, 7) is 2.16. The van der Waals surface area contributed by atoms with E-state index in [-0.39, 0.29) is 0 Å². The van der Waals surface area contributed by atoms with Crippen LogP contribution in [0.5, 0.6) is 0 Å². The third-order valence-corrected chi connectivity index (χ3v) is 1.09. The second-order valence-electron chi connectivity index (χ2n) is 1.77. The standard InChI is InChI=1S/C6H13NS/c1-2-3-4-5-6(7)8/h5,8H,2-4,7H2,1H3/b6-5+. The molecule has 0 rings (SSSR count). The van der Waals surface area contributed by atoms with Crippen LogP contribution in [0.3, 0.4) is 0 Å². The van der Waals surface area contributed by atoms with E-state index in [2.05, 4.69) is 19.6 Å². The van der Waals surface area contributed by atoms with Crippen LogP contribution < -0.4 is 5.73 Å². The van der Waals surface area contributed by atoms with Crippen LogP contribution in [-0.2, 0) is 0 Å². The molecule has 0 aliphatic carbocycles. The number of hydrogen-bond donors (Lipinski definition) is 2. The first-order valence-electron chi connectivity index (χ1n) is 2.92. The summed E-state index contributed by atoms with van der Waals surface area (Å²) in [4.78, 5) is 0. The van der Waals surface area contributed by atoms with E-state index in [1.165, 1.54) is 12.8 Å². The van der Waals surface area contributed by atoms with Crippen LogP contribution in [0.4, 0.5) is 0 Å². The lowest BCUT2D eigenvalue weighted by molar-refractivity contribution is 0.813. The third-order valence-electron chi connectivity index (χ3n) is 0.911. The molecule has 0 heterocycles. The zero-order valence-corrected chi connectivity index (χ0v) is 6.12. The molecule has 1 nitrogen and oxygen atoms in total. The average molecular weight is 131 g/mol. The molecular formula is C6H13NS. The Hall–Kier alpha value is -0.110. The van der Waals surface area contributed by atoms with Gasteiger partial charge in [-0.2, -0.15) is 0 Å². The van der Waals surface area contributed by atoms with Crippen molar-refractivity contribution in [2.24, 2.45) is 5.73 Å². The van der Waals surface area contributed by atoms with E-state index in [4.69, 9.17) is 5.73 Å². The number of rotatable bonds is 3. The zero-order chi connectivity index (χ0) is 6.41. The van der Waals surface area contributed by atoms with Gasteiger partial charge < -0.3 is 5.73 Å². The fourth-order valence-corrected chi connectivity index (χ4v) is 0.583. The van der Waals surface area contributed by atoms with Crippen LogP contribution in [0.2, 0.25) is 0 Å².